The fourth-order valence-corrected chi connectivity index (χ4v) is 1.55. The van der Waals surface area contributed by atoms with Crippen LogP contribution in [0.5, 0.6) is 0 Å². The van der Waals surface area contributed by atoms with Crippen molar-refractivity contribution < 1.29 is 9.59 Å². The second-order valence-corrected chi connectivity index (χ2v) is 3.74. The third-order valence-corrected chi connectivity index (χ3v) is 2.56. The van der Waals surface area contributed by atoms with E-state index >= 15 is 0 Å². The zero-order valence-corrected chi connectivity index (χ0v) is 9.58. The summed E-state index contributed by atoms with van der Waals surface area (Å²) >= 11 is 0. The first-order valence-electron chi connectivity index (χ1n) is 5.74. The van der Waals surface area contributed by atoms with Crippen molar-refractivity contribution in [3.63, 3.8) is 0 Å². The van der Waals surface area contributed by atoms with E-state index < -0.39 is 0 Å². The number of carbonyl (C=O) groups excluding carboxylic acids is 2. The van der Waals surface area contributed by atoms with Gasteiger partial charge in [-0.05, 0) is 18.3 Å². The van der Waals surface area contributed by atoms with E-state index in [-0.39, 0.29) is 5.78 Å². The first kappa shape index (κ1) is 13.3. The summed E-state index contributed by atoms with van der Waals surface area (Å²) in [5, 5.41) is 0. The summed E-state index contributed by atoms with van der Waals surface area (Å²) in [5.41, 5.74) is 0. The summed E-state index contributed by atoms with van der Waals surface area (Å²) < 4.78 is 0. The summed E-state index contributed by atoms with van der Waals surface area (Å²) in [6.07, 6.45) is 5.75. The lowest BCUT2D eigenvalue weighted by Gasteiger charge is -2.10. The second kappa shape index (κ2) is 7.72. The molecule has 0 saturated heterocycles. The maximum atomic E-state index is 10.8. The first-order valence-corrected chi connectivity index (χ1v) is 5.74. The van der Waals surface area contributed by atoms with Gasteiger partial charge in [-0.25, -0.2) is 0 Å². The highest BCUT2D eigenvalue weighted by atomic mass is 16.2. The second-order valence-electron chi connectivity index (χ2n) is 3.74. The average Bonchev–Trinajstić information content (AvgIpc) is 3.03. The standard InChI is InChI=1S/C10H16O2.C2H6/c1-2-8(5-9-3-4-9)6-10(12)7-11;1-2/h7-9H,2-6H2,1H3;1-2H3. The molecule has 0 amide bonds. The lowest BCUT2D eigenvalue weighted by molar-refractivity contribution is -0.130. The molecule has 1 unspecified atom stereocenters. The van der Waals surface area contributed by atoms with E-state index in [1.54, 1.807) is 0 Å². The Morgan fingerprint density at radius 3 is 2.36 bits per heavy atom. The fourth-order valence-electron chi connectivity index (χ4n) is 1.55. The van der Waals surface area contributed by atoms with Gasteiger partial charge in [-0.1, -0.05) is 40.0 Å². The SMILES string of the molecule is CC.CCC(CC(=O)C=O)CC1CC1. The molecule has 0 aromatic rings. The lowest BCUT2D eigenvalue weighted by Crippen LogP contribution is -2.09. The molecule has 0 bridgehead atoms. The van der Waals surface area contributed by atoms with Crippen LogP contribution < -0.4 is 0 Å². The molecule has 2 nitrogen and oxygen atoms in total. The number of ketones is 1. The molecule has 1 aliphatic rings. The molecule has 0 N–H and O–H groups in total. The van der Waals surface area contributed by atoms with Crippen LogP contribution in [0, 0.1) is 11.8 Å². The van der Waals surface area contributed by atoms with Crippen molar-refractivity contribution in [2.45, 2.75) is 52.9 Å². The van der Waals surface area contributed by atoms with E-state index in [9.17, 15) is 9.59 Å². The maximum absolute atomic E-state index is 10.8. The van der Waals surface area contributed by atoms with E-state index in [2.05, 4.69) is 6.92 Å². The molecule has 0 aromatic carbocycles. The Labute approximate surface area is 87.1 Å². The molecule has 0 heterocycles. The summed E-state index contributed by atoms with van der Waals surface area (Å²) in [5.74, 6) is 1.08. The van der Waals surface area contributed by atoms with Gasteiger partial charge in [0.1, 0.15) is 0 Å². The molecule has 0 spiro atoms. The van der Waals surface area contributed by atoms with Crippen LogP contribution in [0.25, 0.3) is 0 Å². The van der Waals surface area contributed by atoms with Crippen LogP contribution in [0.4, 0.5) is 0 Å². The average molecular weight is 198 g/mol. The number of hydrogen-bond donors (Lipinski definition) is 0. The van der Waals surface area contributed by atoms with Gasteiger partial charge in [-0.3, -0.25) is 9.59 Å². The van der Waals surface area contributed by atoms with Crippen LogP contribution in [-0.4, -0.2) is 12.1 Å². The third-order valence-electron chi connectivity index (χ3n) is 2.56. The van der Waals surface area contributed by atoms with E-state index in [1.165, 1.54) is 12.8 Å². The van der Waals surface area contributed by atoms with Crippen molar-refractivity contribution >= 4 is 12.1 Å². The van der Waals surface area contributed by atoms with Gasteiger partial charge >= 0.3 is 0 Å². The van der Waals surface area contributed by atoms with Crippen molar-refractivity contribution in [1.82, 2.24) is 0 Å². The highest BCUT2D eigenvalue weighted by molar-refractivity contribution is 6.24. The van der Waals surface area contributed by atoms with Crippen LogP contribution in [0.15, 0.2) is 0 Å². The number of hydrogen-bond acceptors (Lipinski definition) is 2. The van der Waals surface area contributed by atoms with Crippen LogP contribution in [0.3, 0.4) is 0 Å². The predicted octanol–water partition coefficient (Wildman–Crippen LogP) is 3.00. The van der Waals surface area contributed by atoms with Crippen molar-refractivity contribution in [1.29, 1.82) is 0 Å². The molecule has 14 heavy (non-hydrogen) atoms. The maximum Gasteiger partial charge on any atom is 0.195 e. The largest absolute Gasteiger partial charge is 0.295 e. The number of aldehydes is 1. The highest BCUT2D eigenvalue weighted by Crippen LogP contribution is 2.37. The minimum absolute atomic E-state index is 0.234. The van der Waals surface area contributed by atoms with E-state index in [1.807, 2.05) is 13.8 Å². The molecule has 1 aliphatic carbocycles. The van der Waals surface area contributed by atoms with Gasteiger partial charge in [0.15, 0.2) is 12.1 Å². The van der Waals surface area contributed by atoms with Crippen molar-refractivity contribution in [2.75, 3.05) is 0 Å². The van der Waals surface area contributed by atoms with Gasteiger partial charge in [-0.2, -0.15) is 0 Å². The molecule has 1 fully saturated rings. The highest BCUT2D eigenvalue weighted by Gasteiger charge is 2.25. The van der Waals surface area contributed by atoms with Gasteiger partial charge in [-0.15, -0.1) is 0 Å². The van der Waals surface area contributed by atoms with Crippen molar-refractivity contribution in [3.05, 3.63) is 0 Å². The zero-order chi connectivity index (χ0) is 11.0. The van der Waals surface area contributed by atoms with Gasteiger partial charge in [0.2, 0.25) is 0 Å². The Morgan fingerprint density at radius 1 is 1.43 bits per heavy atom. The summed E-state index contributed by atoms with van der Waals surface area (Å²) in [4.78, 5) is 20.9. The van der Waals surface area contributed by atoms with Gasteiger partial charge < -0.3 is 0 Å². The molecule has 2 heteroatoms. The molecule has 0 aliphatic heterocycles. The minimum Gasteiger partial charge on any atom is -0.295 e. The molecule has 1 atom stereocenters. The normalized spacial score (nSPS) is 16.5. The molecular weight excluding hydrogens is 176 g/mol. The molecule has 1 rings (SSSR count). The number of Topliss-reactive ketones (excluding diaryl/α,β-unsaturated/α-hetero) is 1. The number of carbonyl (C=O) groups is 2. The van der Waals surface area contributed by atoms with Crippen LogP contribution in [0.2, 0.25) is 0 Å². The molecule has 82 valence electrons. The Morgan fingerprint density at radius 2 is 2.00 bits per heavy atom. The van der Waals surface area contributed by atoms with Crippen LogP contribution in [0.1, 0.15) is 52.9 Å². The Bertz CT molecular complexity index is 171. The van der Waals surface area contributed by atoms with E-state index in [0.717, 1.165) is 18.8 Å². The van der Waals surface area contributed by atoms with Crippen molar-refractivity contribution in [2.24, 2.45) is 11.8 Å². The van der Waals surface area contributed by atoms with Crippen LogP contribution in [-0.2, 0) is 9.59 Å². The summed E-state index contributed by atoms with van der Waals surface area (Å²) in [7, 11) is 0. The Balaban J connectivity index is 0.000000791. The molecule has 0 radical (unpaired) electrons. The zero-order valence-electron chi connectivity index (χ0n) is 9.58. The number of rotatable bonds is 6. The quantitative estimate of drug-likeness (QED) is 0.485. The molecule has 0 aromatic heterocycles. The Hall–Kier alpha value is -0.660. The van der Waals surface area contributed by atoms with E-state index in [0.29, 0.717) is 18.6 Å². The first-order chi connectivity index (χ1) is 6.76. The van der Waals surface area contributed by atoms with Gasteiger partial charge in [0.25, 0.3) is 0 Å². The third kappa shape index (κ3) is 5.90. The fraction of sp³-hybridized carbons (Fsp3) is 0.833. The van der Waals surface area contributed by atoms with Crippen LogP contribution >= 0.6 is 0 Å². The smallest absolute Gasteiger partial charge is 0.195 e. The molecule has 1 saturated carbocycles. The Kier molecular flexibility index (Phi) is 7.35. The monoisotopic (exact) mass is 198 g/mol. The minimum atomic E-state index is -0.234. The van der Waals surface area contributed by atoms with Gasteiger partial charge in [0, 0.05) is 6.42 Å². The summed E-state index contributed by atoms with van der Waals surface area (Å²) in [6.45, 7) is 6.09. The topological polar surface area (TPSA) is 34.1 Å². The van der Waals surface area contributed by atoms with E-state index in [4.69, 9.17) is 0 Å². The lowest BCUT2D eigenvalue weighted by atomic mass is 9.94. The van der Waals surface area contributed by atoms with Crippen molar-refractivity contribution in [3.8, 4) is 0 Å². The predicted molar refractivity (Wildman–Crippen MR) is 58.2 cm³/mol. The molecular formula is C12H22O2. The van der Waals surface area contributed by atoms with Gasteiger partial charge in [0.05, 0.1) is 0 Å². The summed E-state index contributed by atoms with van der Waals surface area (Å²) in [6, 6.07) is 0.